The number of nitrogens with zero attached hydrogens (tertiary/aromatic N) is 4. The fraction of sp³-hybridized carbons (Fsp3) is 0.400. The molecule has 7 heteroatoms. The predicted octanol–water partition coefficient (Wildman–Crippen LogP) is 2.65. The van der Waals surface area contributed by atoms with E-state index in [4.69, 9.17) is 0 Å². The van der Waals surface area contributed by atoms with E-state index in [2.05, 4.69) is 41.3 Å². The topological polar surface area (TPSA) is 78.4 Å². The van der Waals surface area contributed by atoms with E-state index in [-0.39, 0.29) is 11.8 Å². The minimum absolute atomic E-state index is 0.0408. The fourth-order valence-corrected chi connectivity index (χ4v) is 3.00. The number of piperazine rings is 1. The van der Waals surface area contributed by atoms with Gasteiger partial charge in [-0.3, -0.25) is 9.59 Å². The van der Waals surface area contributed by atoms with E-state index >= 15 is 0 Å². The molecule has 3 rings (SSSR count). The van der Waals surface area contributed by atoms with Crippen molar-refractivity contribution < 1.29 is 9.59 Å². The third-order valence-electron chi connectivity index (χ3n) is 4.72. The Bertz CT molecular complexity index is 811. The quantitative estimate of drug-likeness (QED) is 0.899. The average Bonchev–Trinajstić information content (AvgIpc) is 2.68. The van der Waals surface area contributed by atoms with Gasteiger partial charge in [-0.1, -0.05) is 26.0 Å². The van der Waals surface area contributed by atoms with Crippen LogP contribution in [0.1, 0.15) is 42.7 Å². The lowest BCUT2D eigenvalue weighted by Gasteiger charge is -2.34. The number of hydrogen-bond acceptors (Lipinski definition) is 5. The van der Waals surface area contributed by atoms with Gasteiger partial charge in [-0.25, -0.2) is 9.97 Å². The van der Waals surface area contributed by atoms with Crippen LogP contribution in [-0.4, -0.2) is 57.8 Å². The first-order valence-electron chi connectivity index (χ1n) is 9.19. The van der Waals surface area contributed by atoms with E-state index < -0.39 is 0 Å². The molecule has 7 nitrogen and oxygen atoms in total. The van der Waals surface area contributed by atoms with Gasteiger partial charge in [0.15, 0.2) is 0 Å². The molecule has 0 atom stereocenters. The number of nitrogens with one attached hydrogen (secondary N) is 1. The van der Waals surface area contributed by atoms with Gasteiger partial charge in [0.05, 0.1) is 0 Å². The maximum Gasteiger partial charge on any atom is 0.272 e. The Morgan fingerprint density at radius 3 is 2.22 bits per heavy atom. The molecule has 2 heterocycles. The minimum Gasteiger partial charge on any atom is -0.339 e. The molecule has 2 amide bonds. The zero-order valence-corrected chi connectivity index (χ0v) is 16.0. The van der Waals surface area contributed by atoms with Crippen molar-refractivity contribution in [1.29, 1.82) is 0 Å². The number of carbonyl (C=O) groups excluding carboxylic acids is 2. The Morgan fingerprint density at radius 2 is 1.63 bits per heavy atom. The van der Waals surface area contributed by atoms with Gasteiger partial charge in [0, 0.05) is 45.0 Å². The third kappa shape index (κ3) is 4.61. The third-order valence-corrected chi connectivity index (χ3v) is 4.72. The second-order valence-corrected chi connectivity index (χ2v) is 6.97. The van der Waals surface area contributed by atoms with Crippen LogP contribution in [0, 0.1) is 0 Å². The molecular weight excluding hydrogens is 342 g/mol. The molecule has 0 spiro atoms. The van der Waals surface area contributed by atoms with Crippen molar-refractivity contribution in [1.82, 2.24) is 19.8 Å². The molecule has 2 aromatic rings. The smallest absolute Gasteiger partial charge is 0.272 e. The van der Waals surface area contributed by atoms with Crippen molar-refractivity contribution in [3.05, 3.63) is 47.8 Å². The summed E-state index contributed by atoms with van der Waals surface area (Å²) >= 11 is 0. The van der Waals surface area contributed by atoms with Crippen LogP contribution < -0.4 is 5.32 Å². The highest BCUT2D eigenvalue weighted by Gasteiger charge is 2.24. The molecule has 1 aromatic carbocycles. The van der Waals surface area contributed by atoms with E-state index in [1.165, 1.54) is 5.56 Å². The highest BCUT2D eigenvalue weighted by atomic mass is 16.2. The second-order valence-electron chi connectivity index (χ2n) is 6.97. The van der Waals surface area contributed by atoms with Crippen LogP contribution in [0.5, 0.6) is 0 Å². The van der Waals surface area contributed by atoms with Crippen molar-refractivity contribution in [2.45, 2.75) is 26.7 Å². The Morgan fingerprint density at radius 1 is 1.00 bits per heavy atom. The SMILES string of the molecule is CC(=O)N1CCN(C(=O)c2ccnc(Nc3ccc(C(C)C)cc3)n2)CC1. The maximum atomic E-state index is 12.7. The molecule has 1 aliphatic rings. The van der Waals surface area contributed by atoms with Gasteiger partial charge in [-0.15, -0.1) is 0 Å². The molecule has 142 valence electrons. The van der Waals surface area contributed by atoms with Gasteiger partial charge in [-0.2, -0.15) is 0 Å². The number of benzene rings is 1. The van der Waals surface area contributed by atoms with Gasteiger partial charge in [-0.05, 0) is 29.7 Å². The largest absolute Gasteiger partial charge is 0.339 e. The molecule has 0 saturated carbocycles. The van der Waals surface area contributed by atoms with E-state index in [1.807, 2.05) is 12.1 Å². The molecule has 0 bridgehead atoms. The van der Waals surface area contributed by atoms with Crippen molar-refractivity contribution in [2.24, 2.45) is 0 Å². The summed E-state index contributed by atoms with van der Waals surface area (Å²) in [5.74, 6) is 0.762. The highest BCUT2D eigenvalue weighted by Crippen LogP contribution is 2.19. The summed E-state index contributed by atoms with van der Waals surface area (Å²) in [7, 11) is 0. The summed E-state index contributed by atoms with van der Waals surface area (Å²) in [6.45, 7) is 7.99. The number of anilines is 2. The second kappa shape index (κ2) is 8.16. The van der Waals surface area contributed by atoms with Gasteiger partial charge >= 0.3 is 0 Å². The van der Waals surface area contributed by atoms with Crippen LogP contribution in [0.2, 0.25) is 0 Å². The Labute approximate surface area is 159 Å². The van der Waals surface area contributed by atoms with Gasteiger partial charge in [0.2, 0.25) is 11.9 Å². The molecular formula is C20H25N5O2. The fourth-order valence-electron chi connectivity index (χ4n) is 3.00. The van der Waals surface area contributed by atoms with Crippen LogP contribution in [0.3, 0.4) is 0 Å². The van der Waals surface area contributed by atoms with Crippen LogP contribution in [-0.2, 0) is 4.79 Å². The Balaban J connectivity index is 1.66. The van der Waals surface area contributed by atoms with Gasteiger partial charge in [0.1, 0.15) is 5.69 Å². The first-order valence-corrected chi connectivity index (χ1v) is 9.19. The first-order chi connectivity index (χ1) is 12.9. The monoisotopic (exact) mass is 367 g/mol. The normalized spacial score (nSPS) is 14.4. The molecule has 0 aliphatic carbocycles. The maximum absolute atomic E-state index is 12.7. The molecule has 1 saturated heterocycles. The average molecular weight is 367 g/mol. The van der Waals surface area contributed by atoms with E-state index in [1.54, 1.807) is 29.0 Å². The molecule has 27 heavy (non-hydrogen) atoms. The Hall–Kier alpha value is -2.96. The number of carbonyl (C=O) groups is 2. The number of hydrogen-bond donors (Lipinski definition) is 1. The summed E-state index contributed by atoms with van der Waals surface area (Å²) in [6, 6.07) is 9.71. The lowest BCUT2D eigenvalue weighted by atomic mass is 10.0. The first kappa shape index (κ1) is 18.8. The molecule has 1 aliphatic heterocycles. The van der Waals surface area contributed by atoms with Crippen molar-refractivity contribution in [3.8, 4) is 0 Å². The lowest BCUT2D eigenvalue weighted by molar-refractivity contribution is -0.130. The molecule has 0 unspecified atom stereocenters. The number of amides is 2. The van der Waals surface area contributed by atoms with Crippen molar-refractivity contribution in [2.75, 3.05) is 31.5 Å². The summed E-state index contributed by atoms with van der Waals surface area (Å²) < 4.78 is 0. The molecule has 1 fully saturated rings. The summed E-state index contributed by atoms with van der Waals surface area (Å²) in [5.41, 5.74) is 2.48. The lowest BCUT2D eigenvalue weighted by Crippen LogP contribution is -2.50. The van der Waals surface area contributed by atoms with Gasteiger partial charge in [0.25, 0.3) is 5.91 Å². The predicted molar refractivity (Wildman–Crippen MR) is 104 cm³/mol. The van der Waals surface area contributed by atoms with Crippen LogP contribution in [0.15, 0.2) is 36.5 Å². The van der Waals surface area contributed by atoms with Crippen LogP contribution in [0.4, 0.5) is 11.6 Å². The van der Waals surface area contributed by atoms with Crippen LogP contribution >= 0.6 is 0 Å². The van der Waals surface area contributed by atoms with Crippen LogP contribution in [0.25, 0.3) is 0 Å². The molecule has 1 aromatic heterocycles. The molecule has 0 radical (unpaired) electrons. The number of rotatable bonds is 4. The Kier molecular flexibility index (Phi) is 5.69. The summed E-state index contributed by atoms with van der Waals surface area (Å²) in [4.78, 5) is 36.2. The standard InChI is InChI=1S/C20H25N5O2/c1-14(2)16-4-6-17(7-5-16)22-20-21-9-8-18(23-20)19(27)25-12-10-24(11-13-25)15(3)26/h4-9,14H,10-13H2,1-3H3,(H,21,22,23). The zero-order chi connectivity index (χ0) is 19.4. The van der Waals surface area contributed by atoms with Crippen molar-refractivity contribution >= 4 is 23.5 Å². The highest BCUT2D eigenvalue weighted by molar-refractivity contribution is 5.92. The van der Waals surface area contributed by atoms with Crippen molar-refractivity contribution in [3.63, 3.8) is 0 Å². The zero-order valence-electron chi connectivity index (χ0n) is 16.0. The molecule has 1 N–H and O–H groups in total. The van der Waals surface area contributed by atoms with E-state index in [0.29, 0.717) is 43.7 Å². The van der Waals surface area contributed by atoms with Gasteiger partial charge < -0.3 is 15.1 Å². The van der Waals surface area contributed by atoms with E-state index in [9.17, 15) is 9.59 Å². The number of aromatic nitrogens is 2. The minimum atomic E-state index is -0.140. The van der Waals surface area contributed by atoms with E-state index in [0.717, 1.165) is 5.69 Å². The summed E-state index contributed by atoms with van der Waals surface area (Å²) in [5, 5.41) is 3.14. The summed E-state index contributed by atoms with van der Waals surface area (Å²) in [6.07, 6.45) is 1.58.